The Kier molecular flexibility index (Phi) is 15.2. The van der Waals surface area contributed by atoms with E-state index in [0.717, 1.165) is 16.7 Å². The van der Waals surface area contributed by atoms with E-state index < -0.39 is 73.3 Å². The maximum absolute atomic E-state index is 13.2. The number of nitrogens with one attached hydrogen (secondary N) is 1. The third kappa shape index (κ3) is 11.8. The fourth-order valence-electron chi connectivity index (χ4n) is 6.64. The molecule has 1 amide bonds. The average molecular weight is 867 g/mol. The Morgan fingerprint density at radius 1 is 0.684 bits per heavy atom. The summed E-state index contributed by atoms with van der Waals surface area (Å²) in [6.07, 6.45) is -6.64. The molecule has 3 heterocycles. The zero-order chi connectivity index (χ0) is 40.8. The summed E-state index contributed by atoms with van der Waals surface area (Å²) in [4.78, 5) is 13.2. The summed E-state index contributed by atoms with van der Waals surface area (Å²) >= 11 is 18.2. The third-order valence-electron chi connectivity index (χ3n) is 10.9. The number of halogens is 3. The number of benzene rings is 3. The van der Waals surface area contributed by atoms with E-state index in [1.807, 2.05) is 91.0 Å². The van der Waals surface area contributed by atoms with Gasteiger partial charge in [0.05, 0.1) is 33.0 Å². The number of amides is 1. The Labute approximate surface area is 351 Å². The fraction of sp³-hybridized carbons (Fsp3) is 0.548. The van der Waals surface area contributed by atoms with E-state index >= 15 is 0 Å². The van der Waals surface area contributed by atoms with Crippen LogP contribution in [0.15, 0.2) is 91.0 Å². The van der Waals surface area contributed by atoms with Crippen LogP contribution in [0, 0.1) is 0 Å². The van der Waals surface area contributed by atoms with Crippen LogP contribution in [0.3, 0.4) is 0 Å². The van der Waals surface area contributed by atoms with Gasteiger partial charge in [-0.15, -0.1) is 0 Å². The molecule has 3 saturated heterocycles. The summed E-state index contributed by atoms with van der Waals surface area (Å²) < 4.78 is 56.5. The molecule has 0 bridgehead atoms. The molecule has 57 heavy (non-hydrogen) atoms. The minimum atomic E-state index is -2.25. The summed E-state index contributed by atoms with van der Waals surface area (Å²) in [5, 5.41) is 2.79. The number of alkyl halides is 3. The van der Waals surface area contributed by atoms with Crippen molar-refractivity contribution in [1.29, 1.82) is 0 Å². The quantitative estimate of drug-likeness (QED) is 0.0832. The Hall–Kier alpha value is -2.14. The highest BCUT2D eigenvalue weighted by molar-refractivity contribution is 6.76. The molecule has 3 aromatic rings. The standard InChI is InChI=1S/C42H54Cl3NO10Si/c1-41(2,3)57(5,6)52-26-31-33-35(55-33)32(46-40(47)42(43,44)45)38(53-31)56-34-30(25-49-22-27-16-10-7-11-17-27)54-39(48-4)37(51-24-29-20-14-9-15-21-29)36(34)50-23-28-18-12-8-13-19-28/h7-21,30-39H,22-26H2,1-6H3,(H,46,47)/t30-,31-,32+,33+,34-,35-,36+,37-,38-,39+/m1/s1. The van der Waals surface area contributed by atoms with Gasteiger partial charge < -0.3 is 47.6 Å². The molecule has 312 valence electrons. The molecule has 6 rings (SSSR count). The van der Waals surface area contributed by atoms with Crippen molar-refractivity contribution < 1.29 is 47.1 Å². The molecule has 0 unspecified atom stereocenters. The van der Waals surface area contributed by atoms with E-state index in [1.165, 1.54) is 0 Å². The lowest BCUT2D eigenvalue weighted by molar-refractivity contribution is -0.346. The van der Waals surface area contributed by atoms with Gasteiger partial charge in [0, 0.05) is 7.11 Å². The van der Waals surface area contributed by atoms with Crippen LogP contribution in [0.2, 0.25) is 18.1 Å². The van der Waals surface area contributed by atoms with Crippen molar-refractivity contribution in [2.45, 2.75) is 124 Å². The minimum absolute atomic E-state index is 0.0371. The average Bonchev–Trinajstić information content (AvgIpc) is 3.99. The van der Waals surface area contributed by atoms with Gasteiger partial charge in [0.15, 0.2) is 20.9 Å². The van der Waals surface area contributed by atoms with Gasteiger partial charge in [-0.2, -0.15) is 0 Å². The van der Waals surface area contributed by atoms with Crippen LogP contribution in [0.4, 0.5) is 0 Å². The molecule has 0 radical (unpaired) electrons. The topological polar surface area (TPSA) is 115 Å². The summed E-state index contributed by atoms with van der Waals surface area (Å²) in [6, 6.07) is 28.6. The molecular formula is C42H54Cl3NO10Si. The summed E-state index contributed by atoms with van der Waals surface area (Å²) in [6.45, 7) is 12.0. The first-order chi connectivity index (χ1) is 27.1. The second-order valence-electron chi connectivity index (χ2n) is 16.1. The molecule has 0 aliphatic carbocycles. The van der Waals surface area contributed by atoms with Crippen LogP contribution in [0.1, 0.15) is 37.5 Å². The van der Waals surface area contributed by atoms with Gasteiger partial charge >= 0.3 is 0 Å². The molecule has 0 aromatic heterocycles. The van der Waals surface area contributed by atoms with Gasteiger partial charge in [-0.05, 0) is 34.8 Å². The number of hydrogen-bond acceptors (Lipinski definition) is 10. The van der Waals surface area contributed by atoms with Crippen molar-refractivity contribution >= 4 is 49.0 Å². The summed E-state index contributed by atoms with van der Waals surface area (Å²) in [5.41, 5.74) is 2.88. The summed E-state index contributed by atoms with van der Waals surface area (Å²) in [7, 11) is -0.624. The molecule has 0 spiro atoms. The van der Waals surface area contributed by atoms with E-state index in [0.29, 0.717) is 6.61 Å². The lowest BCUT2D eigenvalue weighted by Gasteiger charge is -2.47. The van der Waals surface area contributed by atoms with E-state index in [4.69, 9.17) is 77.1 Å². The Bertz CT molecular complexity index is 1700. The molecule has 11 nitrogen and oxygen atoms in total. The Morgan fingerprint density at radius 3 is 1.74 bits per heavy atom. The Morgan fingerprint density at radius 2 is 1.21 bits per heavy atom. The van der Waals surface area contributed by atoms with Gasteiger partial charge in [-0.1, -0.05) is 147 Å². The van der Waals surface area contributed by atoms with Crippen LogP contribution in [-0.4, -0.2) is 99.7 Å². The first-order valence-electron chi connectivity index (χ1n) is 19.2. The molecular weight excluding hydrogens is 813 g/mol. The first-order valence-corrected chi connectivity index (χ1v) is 23.3. The number of ether oxygens (including phenoxy) is 8. The molecule has 3 aromatic carbocycles. The van der Waals surface area contributed by atoms with Crippen molar-refractivity contribution in [1.82, 2.24) is 5.32 Å². The minimum Gasteiger partial charge on any atom is -0.414 e. The highest BCUT2D eigenvalue weighted by atomic mass is 35.6. The molecule has 3 fully saturated rings. The lowest BCUT2D eigenvalue weighted by atomic mass is 9.97. The smallest absolute Gasteiger partial charge is 0.272 e. The number of carbonyl (C=O) groups excluding carboxylic acids is 1. The van der Waals surface area contributed by atoms with E-state index in [9.17, 15) is 4.79 Å². The zero-order valence-electron chi connectivity index (χ0n) is 33.2. The van der Waals surface area contributed by atoms with Crippen molar-refractivity contribution in [3.8, 4) is 0 Å². The molecule has 15 heteroatoms. The van der Waals surface area contributed by atoms with E-state index in [2.05, 4.69) is 39.2 Å². The van der Waals surface area contributed by atoms with Crippen LogP contribution >= 0.6 is 34.8 Å². The second-order valence-corrected chi connectivity index (χ2v) is 23.2. The maximum Gasteiger partial charge on any atom is 0.272 e. The largest absolute Gasteiger partial charge is 0.414 e. The number of rotatable bonds is 17. The molecule has 0 saturated carbocycles. The molecule has 3 aliphatic rings. The highest BCUT2D eigenvalue weighted by Gasteiger charge is 2.61. The van der Waals surface area contributed by atoms with Crippen LogP contribution in [0.5, 0.6) is 0 Å². The monoisotopic (exact) mass is 865 g/mol. The predicted molar refractivity (Wildman–Crippen MR) is 219 cm³/mol. The highest BCUT2D eigenvalue weighted by Crippen LogP contribution is 2.43. The normalized spacial score (nSPS) is 29.1. The van der Waals surface area contributed by atoms with Crippen molar-refractivity contribution in [2.24, 2.45) is 0 Å². The third-order valence-corrected chi connectivity index (χ3v) is 15.9. The predicted octanol–water partition coefficient (Wildman–Crippen LogP) is 7.50. The van der Waals surface area contributed by atoms with E-state index in [-0.39, 0.29) is 37.6 Å². The van der Waals surface area contributed by atoms with Crippen molar-refractivity contribution in [2.75, 3.05) is 20.3 Å². The van der Waals surface area contributed by atoms with Gasteiger partial charge in [0.1, 0.15) is 48.8 Å². The SMILES string of the molecule is CO[C@H]1O[C@H](COCc2ccccc2)[C@@H](O[C@H]2O[C@H](CO[Si](C)(C)C(C)(C)C)[C@@H]3O[C@@H]3[C@@H]2NC(=O)C(Cl)(Cl)Cl)[C@H](OCc2ccccc2)[C@H]1OCc1ccccc1. The molecule has 1 N–H and O–H groups in total. The number of epoxide rings is 1. The van der Waals surface area contributed by atoms with Gasteiger partial charge in [0.2, 0.25) is 0 Å². The fourth-order valence-corrected chi connectivity index (χ4v) is 7.82. The lowest BCUT2D eigenvalue weighted by Crippen LogP contribution is -2.65. The van der Waals surface area contributed by atoms with Gasteiger partial charge in [-0.3, -0.25) is 4.79 Å². The van der Waals surface area contributed by atoms with Crippen molar-refractivity contribution in [3.63, 3.8) is 0 Å². The van der Waals surface area contributed by atoms with E-state index in [1.54, 1.807) is 7.11 Å². The summed E-state index contributed by atoms with van der Waals surface area (Å²) in [5.74, 6) is -0.844. The Balaban J connectivity index is 1.33. The number of fused-ring (bicyclic) bond motifs is 1. The van der Waals surface area contributed by atoms with Crippen LogP contribution in [-0.2, 0) is 66.9 Å². The number of carbonyl (C=O) groups is 1. The first kappa shape index (κ1) is 44.4. The number of methoxy groups -OCH3 is 1. The van der Waals surface area contributed by atoms with Gasteiger partial charge in [0.25, 0.3) is 9.70 Å². The molecule has 3 aliphatic heterocycles. The van der Waals surface area contributed by atoms with Crippen LogP contribution in [0.25, 0.3) is 0 Å². The van der Waals surface area contributed by atoms with Gasteiger partial charge in [-0.25, -0.2) is 0 Å². The van der Waals surface area contributed by atoms with Crippen molar-refractivity contribution in [3.05, 3.63) is 108 Å². The zero-order valence-corrected chi connectivity index (χ0v) is 36.5. The molecule has 10 atom stereocenters. The maximum atomic E-state index is 13.2. The second kappa shape index (κ2) is 19.5. The number of hydrogen-bond donors (Lipinski definition) is 1. The van der Waals surface area contributed by atoms with Crippen LogP contribution < -0.4 is 5.32 Å².